The lowest BCUT2D eigenvalue weighted by Gasteiger charge is -2.48. The first-order valence-electron chi connectivity index (χ1n) is 17.3. The van der Waals surface area contributed by atoms with Crippen LogP contribution in [0.2, 0.25) is 0 Å². The van der Waals surface area contributed by atoms with Crippen molar-refractivity contribution in [1.82, 2.24) is 10.6 Å². The SMILES string of the molecule is NC[C@@H]1O[C@H](O[C@H]2[C@@H](O)[C@H](O[C@@H]3[C@@H](O)[C@H](NC(=O)C(O)[C@@H](F)CN)C[C@H](N)[C@H]3O[C@H]3O[C@H](CNCCO)[C@@H](O)[C@H](O)[C@H]3N)O[C@@H]2CO)[C@H](N)[C@@H](O)[C@@H]1O. The van der Waals surface area contributed by atoms with Crippen LogP contribution in [0.25, 0.3) is 0 Å². The summed E-state index contributed by atoms with van der Waals surface area (Å²) >= 11 is 0. The van der Waals surface area contributed by atoms with Crippen LogP contribution in [-0.2, 0) is 33.2 Å². The Morgan fingerprint density at radius 2 is 1.30 bits per heavy atom. The largest absolute Gasteiger partial charge is 0.395 e. The van der Waals surface area contributed by atoms with Crippen molar-refractivity contribution in [2.24, 2.45) is 28.7 Å². The molecule has 21 N–H and O–H groups in total. The molecule has 4 aliphatic rings. The average molecular weight is 778 g/mol. The van der Waals surface area contributed by atoms with Gasteiger partial charge in [0.1, 0.15) is 79.4 Å². The van der Waals surface area contributed by atoms with E-state index in [9.17, 15) is 50.0 Å². The van der Waals surface area contributed by atoms with Gasteiger partial charge in [-0.1, -0.05) is 0 Å². The van der Waals surface area contributed by atoms with E-state index < -0.39 is 148 Å². The molecule has 0 spiro atoms. The predicted octanol–water partition coefficient (Wildman–Crippen LogP) is -10.5. The monoisotopic (exact) mass is 777 g/mol. The van der Waals surface area contributed by atoms with Crippen LogP contribution < -0.4 is 39.3 Å². The number of alkyl halides is 1. The maximum absolute atomic E-state index is 14.0. The summed E-state index contributed by atoms with van der Waals surface area (Å²) in [6.45, 7) is -1.84. The lowest BCUT2D eigenvalue weighted by molar-refractivity contribution is -0.308. The topological polar surface area (TPSA) is 409 Å². The second-order valence-electron chi connectivity index (χ2n) is 13.6. The van der Waals surface area contributed by atoms with Gasteiger partial charge in [0.15, 0.2) is 25.0 Å². The smallest absolute Gasteiger partial charge is 0.252 e. The third-order valence-corrected chi connectivity index (χ3v) is 9.89. The van der Waals surface area contributed by atoms with Crippen LogP contribution in [0.4, 0.5) is 4.39 Å². The molecule has 3 heterocycles. The number of hydrogen-bond donors (Lipinski definition) is 16. The first-order valence-corrected chi connectivity index (χ1v) is 17.3. The molecule has 0 aromatic heterocycles. The number of hydrogen-bond acceptors (Lipinski definition) is 22. The summed E-state index contributed by atoms with van der Waals surface area (Å²) in [5.41, 5.74) is 29.5. The Morgan fingerprint density at radius 1 is 0.755 bits per heavy atom. The van der Waals surface area contributed by atoms with E-state index in [-0.39, 0.29) is 32.7 Å². The number of nitrogens with two attached hydrogens (primary N) is 5. The minimum atomic E-state index is -2.20. The third-order valence-electron chi connectivity index (χ3n) is 9.89. The van der Waals surface area contributed by atoms with E-state index in [2.05, 4.69) is 10.6 Å². The molecular formula is C29H56FN7O16. The van der Waals surface area contributed by atoms with Gasteiger partial charge in [-0.3, -0.25) is 4.79 Å². The van der Waals surface area contributed by atoms with Crippen molar-refractivity contribution in [2.75, 3.05) is 39.4 Å². The van der Waals surface area contributed by atoms with Gasteiger partial charge in [0.25, 0.3) is 5.91 Å². The molecule has 0 bridgehead atoms. The average Bonchev–Trinajstić information content (AvgIpc) is 3.44. The summed E-state index contributed by atoms with van der Waals surface area (Å²) in [6.07, 6.45) is -27.1. The number of aliphatic hydroxyl groups is 9. The van der Waals surface area contributed by atoms with Crippen LogP contribution in [0.3, 0.4) is 0 Å². The minimum Gasteiger partial charge on any atom is -0.395 e. The molecular weight excluding hydrogens is 721 g/mol. The fraction of sp³-hybridized carbons (Fsp3) is 0.966. The number of ether oxygens (including phenoxy) is 6. The molecule has 4 rings (SSSR count). The fourth-order valence-electron chi connectivity index (χ4n) is 6.71. The highest BCUT2D eigenvalue weighted by molar-refractivity contribution is 5.81. The quantitative estimate of drug-likeness (QED) is 0.0647. The molecule has 0 radical (unpaired) electrons. The maximum atomic E-state index is 14.0. The molecule has 0 aromatic carbocycles. The van der Waals surface area contributed by atoms with E-state index in [0.717, 1.165) is 0 Å². The number of amides is 1. The molecule has 3 saturated heterocycles. The number of halogens is 1. The van der Waals surface area contributed by atoms with Crippen LogP contribution >= 0.6 is 0 Å². The first-order chi connectivity index (χ1) is 25.1. The van der Waals surface area contributed by atoms with Gasteiger partial charge >= 0.3 is 0 Å². The minimum absolute atomic E-state index is 0.0537. The summed E-state index contributed by atoms with van der Waals surface area (Å²) < 4.78 is 49.2. The van der Waals surface area contributed by atoms with Gasteiger partial charge in [-0.15, -0.1) is 0 Å². The second-order valence-corrected chi connectivity index (χ2v) is 13.6. The number of nitrogens with one attached hydrogen (secondary N) is 2. The molecule has 21 atom stereocenters. The summed E-state index contributed by atoms with van der Waals surface area (Å²) in [7, 11) is 0. The van der Waals surface area contributed by atoms with E-state index >= 15 is 0 Å². The molecule has 0 aromatic rings. The van der Waals surface area contributed by atoms with E-state index in [0.29, 0.717) is 0 Å². The van der Waals surface area contributed by atoms with Crippen LogP contribution in [0.1, 0.15) is 6.42 Å². The van der Waals surface area contributed by atoms with Gasteiger partial charge in [0.2, 0.25) is 0 Å². The lowest BCUT2D eigenvalue weighted by atomic mass is 9.83. The maximum Gasteiger partial charge on any atom is 0.252 e. The van der Waals surface area contributed by atoms with Gasteiger partial charge in [-0.05, 0) is 6.42 Å². The summed E-state index contributed by atoms with van der Waals surface area (Å²) in [5, 5.41) is 99.2. The number of carbonyl (C=O) groups excluding carboxylic acids is 1. The Morgan fingerprint density at radius 3 is 1.87 bits per heavy atom. The molecule has 1 unspecified atom stereocenters. The van der Waals surface area contributed by atoms with Crippen molar-refractivity contribution in [2.45, 2.75) is 135 Å². The highest BCUT2D eigenvalue weighted by Crippen LogP contribution is 2.35. The van der Waals surface area contributed by atoms with E-state index in [1.54, 1.807) is 0 Å². The van der Waals surface area contributed by atoms with Crippen molar-refractivity contribution in [3.8, 4) is 0 Å². The highest BCUT2D eigenvalue weighted by atomic mass is 19.1. The van der Waals surface area contributed by atoms with E-state index in [4.69, 9.17) is 62.2 Å². The van der Waals surface area contributed by atoms with Gasteiger partial charge in [0.05, 0.1) is 31.3 Å². The molecule has 23 nitrogen and oxygen atoms in total. The molecule has 1 saturated carbocycles. The molecule has 3 aliphatic heterocycles. The number of carbonyl (C=O) groups is 1. The number of aliphatic hydroxyl groups excluding tert-OH is 9. The van der Waals surface area contributed by atoms with Gasteiger partial charge in [0, 0.05) is 32.2 Å². The van der Waals surface area contributed by atoms with Crippen molar-refractivity contribution < 1.29 is 83.6 Å². The summed E-state index contributed by atoms with van der Waals surface area (Å²) in [6, 6.07) is -5.24. The Bertz CT molecular complexity index is 1150. The number of rotatable bonds is 16. The molecule has 53 heavy (non-hydrogen) atoms. The second kappa shape index (κ2) is 19.6. The Kier molecular flexibility index (Phi) is 16.4. The highest BCUT2D eigenvalue weighted by Gasteiger charge is 2.55. The van der Waals surface area contributed by atoms with Crippen molar-refractivity contribution in [3.05, 3.63) is 0 Å². The van der Waals surface area contributed by atoms with Crippen molar-refractivity contribution in [1.29, 1.82) is 0 Å². The molecule has 4 fully saturated rings. The Balaban J connectivity index is 1.58. The van der Waals surface area contributed by atoms with Gasteiger partial charge in [-0.2, -0.15) is 0 Å². The van der Waals surface area contributed by atoms with Crippen LogP contribution in [0.5, 0.6) is 0 Å². The zero-order valence-corrected chi connectivity index (χ0v) is 28.7. The summed E-state index contributed by atoms with van der Waals surface area (Å²) in [5.74, 6) is -1.23. The van der Waals surface area contributed by atoms with Crippen molar-refractivity contribution >= 4 is 5.91 Å². The van der Waals surface area contributed by atoms with Gasteiger partial charge < -0.3 is 114 Å². The molecule has 1 amide bonds. The van der Waals surface area contributed by atoms with Crippen LogP contribution in [-0.4, -0.2) is 220 Å². The zero-order valence-electron chi connectivity index (χ0n) is 28.7. The molecule has 1 aliphatic carbocycles. The lowest BCUT2D eigenvalue weighted by Crippen LogP contribution is -2.69. The molecule has 310 valence electrons. The Labute approximate surface area is 303 Å². The van der Waals surface area contributed by atoms with Gasteiger partial charge in [-0.25, -0.2) is 4.39 Å². The Hall–Kier alpha value is -1.44. The van der Waals surface area contributed by atoms with Crippen LogP contribution in [0, 0.1) is 0 Å². The third kappa shape index (κ3) is 9.93. The fourth-order valence-corrected chi connectivity index (χ4v) is 6.71. The predicted molar refractivity (Wildman–Crippen MR) is 173 cm³/mol. The van der Waals surface area contributed by atoms with Crippen molar-refractivity contribution in [3.63, 3.8) is 0 Å². The molecule has 24 heteroatoms. The normalized spacial score (nSPS) is 46.2. The zero-order chi connectivity index (χ0) is 39.3. The van der Waals surface area contributed by atoms with E-state index in [1.165, 1.54) is 0 Å². The standard InChI is InChI=1S/C29H56FN7O16/c30-8(4-31)16(40)26(47)37-10-3-9(33)23(51-28-15(35)21(45)19(43)12(49-28)6-36-1-2-38)25(17(10)41)53-29-22(46)24(13(7-39)50-29)52-27-14(34)20(44)18(42)11(5-32)48-27/h8-25,27-29,36,38-46H,1-7,31-35H2,(H,37,47)/t8-,9-,10+,11-,12+,13+,14+,15+,16?,17-,18+,19+,20+,21+,22+,23+,24+,25+,27+,28+,29-/m0/s1. The first kappa shape index (κ1) is 44.3. The summed E-state index contributed by atoms with van der Waals surface area (Å²) in [4.78, 5) is 12.7. The van der Waals surface area contributed by atoms with Crippen LogP contribution in [0.15, 0.2) is 0 Å². The van der Waals surface area contributed by atoms with E-state index in [1.807, 2.05) is 0 Å².